The maximum absolute atomic E-state index is 11.4. The second-order valence-electron chi connectivity index (χ2n) is 3.14. The summed E-state index contributed by atoms with van der Waals surface area (Å²) in [5.41, 5.74) is 0.227. The van der Waals surface area contributed by atoms with E-state index in [1.54, 1.807) is 0 Å². The molecule has 0 bridgehead atoms. The summed E-state index contributed by atoms with van der Waals surface area (Å²) in [4.78, 5) is 19.0. The van der Waals surface area contributed by atoms with E-state index in [4.69, 9.17) is 85.9 Å². The molecule has 0 N–H and O–H groups in total. The van der Waals surface area contributed by atoms with Gasteiger partial charge < -0.3 is 4.74 Å². The van der Waals surface area contributed by atoms with E-state index < -0.39 is 13.6 Å². The first kappa shape index (κ1) is 17.6. The van der Waals surface area contributed by atoms with Crippen molar-refractivity contribution in [3.05, 3.63) is 16.5 Å². The number of halogens is 7. The van der Waals surface area contributed by atoms with Gasteiger partial charge in [0, 0.05) is 0 Å². The van der Waals surface area contributed by atoms with E-state index in [1.807, 2.05) is 0 Å². The van der Waals surface area contributed by atoms with E-state index in [1.165, 1.54) is 6.92 Å². The van der Waals surface area contributed by atoms with Crippen LogP contribution in [-0.4, -0.2) is 19.7 Å². The number of alkyl halides is 6. The topological polar surface area (TPSA) is 52.1 Å². The summed E-state index contributed by atoms with van der Waals surface area (Å²) >= 11 is 38.8. The Bertz CT molecular complexity index is 509. The van der Waals surface area contributed by atoms with Crippen LogP contribution in [0.15, 0.2) is 0 Å². The summed E-state index contributed by atoms with van der Waals surface area (Å²) in [5.74, 6) is -1.80. The third kappa shape index (κ3) is 4.81. The van der Waals surface area contributed by atoms with Gasteiger partial charge in [-0.05, 0) is 6.92 Å². The van der Waals surface area contributed by atoms with E-state index in [2.05, 4.69) is 9.97 Å². The standard InChI is InChI=1S/C8H3Cl7N2O2/c1-2-3(9)4(19-6(18)8(13,14)15)17-5(16-2)7(10,11)12/h1H3. The molecule has 0 fully saturated rings. The highest BCUT2D eigenvalue weighted by Gasteiger charge is 2.35. The third-order valence-electron chi connectivity index (χ3n) is 1.66. The Hall–Kier alpha value is 0.580. The molecule has 0 saturated carbocycles. The lowest BCUT2D eigenvalue weighted by Gasteiger charge is -2.14. The smallest absolute Gasteiger partial charge is 0.365 e. The van der Waals surface area contributed by atoms with Gasteiger partial charge in [0.25, 0.3) is 3.79 Å². The van der Waals surface area contributed by atoms with Crippen molar-refractivity contribution < 1.29 is 9.53 Å². The average Bonchev–Trinajstić information content (AvgIpc) is 2.21. The fourth-order valence-electron chi connectivity index (χ4n) is 0.873. The first-order chi connectivity index (χ1) is 8.43. The molecule has 0 aliphatic rings. The number of aryl methyl sites for hydroxylation is 1. The highest BCUT2D eigenvalue weighted by molar-refractivity contribution is 6.75. The molecule has 1 heterocycles. The Morgan fingerprint density at radius 3 is 2.05 bits per heavy atom. The van der Waals surface area contributed by atoms with Gasteiger partial charge in [0.05, 0.1) is 5.69 Å². The van der Waals surface area contributed by atoms with Gasteiger partial charge in [-0.15, -0.1) is 0 Å². The van der Waals surface area contributed by atoms with Crippen LogP contribution in [0.2, 0.25) is 5.02 Å². The summed E-state index contributed by atoms with van der Waals surface area (Å²) in [6.45, 7) is 1.50. The number of hydrogen-bond donors (Lipinski definition) is 0. The zero-order valence-electron chi connectivity index (χ0n) is 8.86. The number of ether oxygens (including phenoxy) is 1. The lowest BCUT2D eigenvalue weighted by atomic mass is 10.4. The molecule has 0 saturated heterocycles. The first-order valence-corrected chi connectivity index (χ1v) is 6.98. The quantitative estimate of drug-likeness (QED) is 0.507. The molecule has 0 unspecified atom stereocenters. The van der Waals surface area contributed by atoms with Gasteiger partial charge in [-0.2, -0.15) is 4.98 Å². The van der Waals surface area contributed by atoms with Crippen molar-refractivity contribution in [2.24, 2.45) is 0 Å². The molecule has 1 aromatic heterocycles. The van der Waals surface area contributed by atoms with E-state index in [-0.39, 0.29) is 22.4 Å². The minimum Gasteiger partial charge on any atom is -0.402 e. The predicted octanol–water partition coefficient (Wildman–Crippen LogP) is 4.54. The van der Waals surface area contributed by atoms with Crippen LogP contribution in [-0.2, 0) is 8.59 Å². The van der Waals surface area contributed by atoms with Crippen LogP contribution in [0.1, 0.15) is 11.5 Å². The normalized spacial score (nSPS) is 12.4. The van der Waals surface area contributed by atoms with Gasteiger partial charge in [0.15, 0.2) is 5.82 Å². The van der Waals surface area contributed by atoms with Crippen molar-refractivity contribution >= 4 is 87.2 Å². The highest BCUT2D eigenvalue weighted by Crippen LogP contribution is 2.39. The van der Waals surface area contributed by atoms with Crippen LogP contribution >= 0.6 is 81.2 Å². The Kier molecular flexibility index (Phi) is 5.70. The van der Waals surface area contributed by atoms with Gasteiger partial charge >= 0.3 is 5.97 Å². The molecule has 0 aliphatic carbocycles. The van der Waals surface area contributed by atoms with E-state index >= 15 is 0 Å². The molecule has 106 valence electrons. The maximum Gasteiger partial charge on any atom is 0.365 e. The fraction of sp³-hybridized carbons (Fsp3) is 0.375. The van der Waals surface area contributed by atoms with Crippen molar-refractivity contribution in [1.82, 2.24) is 9.97 Å². The van der Waals surface area contributed by atoms with Crippen LogP contribution in [0.3, 0.4) is 0 Å². The van der Waals surface area contributed by atoms with E-state index in [9.17, 15) is 4.79 Å². The monoisotopic (exact) mass is 404 g/mol. The van der Waals surface area contributed by atoms with Crippen molar-refractivity contribution in [1.29, 1.82) is 0 Å². The molecule has 0 aromatic carbocycles. The van der Waals surface area contributed by atoms with Gasteiger partial charge in [0.2, 0.25) is 9.67 Å². The molecule has 0 amide bonds. The molecule has 4 nitrogen and oxygen atoms in total. The van der Waals surface area contributed by atoms with Gasteiger partial charge in [-0.25, -0.2) is 9.78 Å². The number of hydrogen-bond acceptors (Lipinski definition) is 4. The van der Waals surface area contributed by atoms with Crippen molar-refractivity contribution in [3.63, 3.8) is 0 Å². The molecule has 1 rings (SSSR count). The van der Waals surface area contributed by atoms with Crippen LogP contribution in [0, 0.1) is 6.92 Å². The largest absolute Gasteiger partial charge is 0.402 e. The highest BCUT2D eigenvalue weighted by atomic mass is 35.6. The van der Waals surface area contributed by atoms with Gasteiger partial charge in [-0.3, -0.25) is 0 Å². The van der Waals surface area contributed by atoms with Crippen LogP contribution in [0.4, 0.5) is 0 Å². The first-order valence-electron chi connectivity index (χ1n) is 4.33. The molecule has 11 heteroatoms. The summed E-state index contributed by atoms with van der Waals surface area (Å²) in [6.07, 6.45) is 0. The Labute approximate surface area is 143 Å². The lowest BCUT2D eigenvalue weighted by Crippen LogP contribution is -2.26. The molecule has 19 heavy (non-hydrogen) atoms. The number of carbonyl (C=O) groups is 1. The number of aromatic nitrogens is 2. The van der Waals surface area contributed by atoms with Crippen LogP contribution in [0.25, 0.3) is 0 Å². The number of carbonyl (C=O) groups excluding carboxylic acids is 1. The van der Waals surface area contributed by atoms with E-state index in [0.717, 1.165) is 0 Å². The van der Waals surface area contributed by atoms with Crippen LogP contribution < -0.4 is 4.74 Å². The minimum atomic E-state index is -2.29. The molecule has 0 atom stereocenters. The Balaban J connectivity index is 3.21. The molecule has 0 radical (unpaired) electrons. The lowest BCUT2D eigenvalue weighted by molar-refractivity contribution is -0.133. The van der Waals surface area contributed by atoms with Crippen molar-refractivity contribution in [2.45, 2.75) is 14.5 Å². The Morgan fingerprint density at radius 2 is 1.63 bits per heavy atom. The second kappa shape index (κ2) is 6.14. The van der Waals surface area contributed by atoms with Crippen molar-refractivity contribution in [2.75, 3.05) is 0 Å². The predicted molar refractivity (Wildman–Crippen MR) is 76.9 cm³/mol. The fourth-order valence-corrected chi connectivity index (χ4v) is 1.37. The number of rotatable bonds is 1. The summed E-state index contributed by atoms with van der Waals surface area (Å²) in [6, 6.07) is 0. The zero-order chi connectivity index (χ0) is 15.0. The van der Waals surface area contributed by atoms with Crippen LogP contribution in [0.5, 0.6) is 5.88 Å². The third-order valence-corrected chi connectivity index (χ3v) is 3.07. The van der Waals surface area contributed by atoms with Gasteiger partial charge in [0.1, 0.15) is 5.02 Å². The number of nitrogens with zero attached hydrogens (tertiary/aromatic N) is 2. The van der Waals surface area contributed by atoms with Gasteiger partial charge in [-0.1, -0.05) is 81.2 Å². The second-order valence-corrected chi connectivity index (χ2v) is 8.08. The zero-order valence-corrected chi connectivity index (χ0v) is 14.1. The molecular formula is C8H3Cl7N2O2. The van der Waals surface area contributed by atoms with Crippen molar-refractivity contribution in [3.8, 4) is 5.88 Å². The average molecular weight is 407 g/mol. The molecular weight excluding hydrogens is 404 g/mol. The molecule has 0 spiro atoms. The Morgan fingerprint density at radius 1 is 1.11 bits per heavy atom. The minimum absolute atomic E-state index is 0.0689. The SMILES string of the molecule is Cc1nc(C(Cl)(Cl)Cl)nc(OC(=O)C(Cl)(Cl)Cl)c1Cl. The molecule has 0 aliphatic heterocycles. The summed E-state index contributed by atoms with van der Waals surface area (Å²) in [5, 5.41) is -0.0689. The maximum atomic E-state index is 11.4. The molecule has 1 aromatic rings. The summed E-state index contributed by atoms with van der Waals surface area (Å²) < 4.78 is 0.523. The van der Waals surface area contributed by atoms with E-state index in [0.29, 0.717) is 0 Å². The number of esters is 1. The summed E-state index contributed by atoms with van der Waals surface area (Å²) in [7, 11) is 0.